The molecule has 0 bridgehead atoms. The zero-order chi connectivity index (χ0) is 12.1. The highest BCUT2D eigenvalue weighted by Crippen LogP contribution is 2.36. The molecule has 2 heterocycles. The molecule has 1 amide bonds. The third-order valence-corrected chi connectivity index (χ3v) is 2.65. The molecule has 2 aliphatic heterocycles. The van der Waals surface area contributed by atoms with Gasteiger partial charge in [0.2, 0.25) is 5.91 Å². The van der Waals surface area contributed by atoms with Crippen LogP contribution < -0.4 is 5.73 Å². The van der Waals surface area contributed by atoms with Gasteiger partial charge in [-0.2, -0.15) is 0 Å². The van der Waals surface area contributed by atoms with Crippen LogP contribution in [-0.4, -0.2) is 52.6 Å². The predicted octanol–water partition coefficient (Wildman–Crippen LogP) is -1.93. The topological polar surface area (TPSA) is 111 Å². The van der Waals surface area contributed by atoms with E-state index in [1.165, 1.54) is 0 Å². The molecule has 92 valence electrons. The molecule has 0 aromatic rings. The van der Waals surface area contributed by atoms with Crippen LogP contribution in [0.2, 0.25) is 0 Å². The Hall–Kier alpha value is -0.730. The summed E-state index contributed by atoms with van der Waals surface area (Å²) in [5, 5.41) is 19.4. The maximum Gasteiger partial charge on any atom is 0.249 e. The number of rotatable bonds is 1. The second-order valence-corrected chi connectivity index (χ2v) is 4.41. The first-order valence-electron chi connectivity index (χ1n) is 4.98. The highest BCUT2D eigenvalue weighted by atomic mass is 16.8. The number of primary amides is 1. The van der Waals surface area contributed by atoms with Crippen LogP contribution in [-0.2, 0) is 19.0 Å². The molecule has 0 unspecified atom stereocenters. The summed E-state index contributed by atoms with van der Waals surface area (Å²) in [5.41, 5.74) is 5.04. The molecular weight excluding hydrogens is 218 g/mol. The van der Waals surface area contributed by atoms with Crippen LogP contribution in [0.1, 0.15) is 13.8 Å². The maximum atomic E-state index is 11.0. The summed E-state index contributed by atoms with van der Waals surface area (Å²) in [4.78, 5) is 11.0. The van der Waals surface area contributed by atoms with Gasteiger partial charge < -0.3 is 30.2 Å². The first-order valence-corrected chi connectivity index (χ1v) is 4.98. The molecule has 0 saturated carbocycles. The van der Waals surface area contributed by atoms with Crippen molar-refractivity contribution in [1.29, 1.82) is 0 Å². The smallest absolute Gasteiger partial charge is 0.249 e. The zero-order valence-electron chi connectivity index (χ0n) is 8.99. The van der Waals surface area contributed by atoms with E-state index in [1.807, 2.05) is 0 Å². The molecule has 4 N–H and O–H groups in total. The summed E-state index contributed by atoms with van der Waals surface area (Å²) < 4.78 is 15.8. The van der Waals surface area contributed by atoms with Gasteiger partial charge in [-0.15, -0.1) is 0 Å². The molecule has 2 rings (SSSR count). The molecule has 16 heavy (non-hydrogen) atoms. The Morgan fingerprint density at radius 2 is 1.88 bits per heavy atom. The van der Waals surface area contributed by atoms with Gasteiger partial charge in [-0.3, -0.25) is 4.79 Å². The highest BCUT2D eigenvalue weighted by Gasteiger charge is 2.55. The largest absolute Gasteiger partial charge is 0.387 e. The lowest BCUT2D eigenvalue weighted by Crippen LogP contribution is -2.60. The van der Waals surface area contributed by atoms with Crippen molar-refractivity contribution in [1.82, 2.24) is 0 Å². The second kappa shape index (κ2) is 3.64. The van der Waals surface area contributed by atoms with E-state index in [9.17, 15) is 15.0 Å². The minimum Gasteiger partial charge on any atom is -0.387 e. The molecule has 2 fully saturated rings. The van der Waals surface area contributed by atoms with E-state index in [1.54, 1.807) is 13.8 Å². The van der Waals surface area contributed by atoms with Gasteiger partial charge in [-0.1, -0.05) is 0 Å². The van der Waals surface area contributed by atoms with Gasteiger partial charge in [0.1, 0.15) is 18.3 Å². The van der Waals surface area contributed by atoms with Crippen LogP contribution in [0.4, 0.5) is 0 Å². The van der Waals surface area contributed by atoms with E-state index in [2.05, 4.69) is 0 Å². The number of carbonyl (C=O) groups excluding carboxylic acids is 1. The van der Waals surface area contributed by atoms with Gasteiger partial charge in [0.25, 0.3) is 0 Å². The first-order chi connectivity index (χ1) is 7.32. The van der Waals surface area contributed by atoms with Crippen molar-refractivity contribution in [2.45, 2.75) is 50.3 Å². The number of hydrogen-bond donors (Lipinski definition) is 3. The van der Waals surface area contributed by atoms with Gasteiger partial charge in [0.15, 0.2) is 18.2 Å². The molecule has 2 saturated heterocycles. The fourth-order valence-electron chi connectivity index (χ4n) is 1.93. The third kappa shape index (κ3) is 1.80. The van der Waals surface area contributed by atoms with E-state index < -0.39 is 42.4 Å². The first kappa shape index (κ1) is 11.7. The fraction of sp³-hybridized carbons (Fsp3) is 0.889. The molecular formula is C9H15NO6. The van der Waals surface area contributed by atoms with Crippen LogP contribution in [0.25, 0.3) is 0 Å². The monoisotopic (exact) mass is 233 g/mol. The SMILES string of the molecule is CC1(C)O[C@H]2O[C@H](C(N)=O)[C@@H](O)[C@H](O)[C@H]2O1. The molecule has 5 atom stereocenters. The average molecular weight is 233 g/mol. The Balaban J connectivity index is 2.18. The maximum absolute atomic E-state index is 11.0. The minimum atomic E-state index is -1.41. The highest BCUT2D eigenvalue weighted by molar-refractivity contribution is 5.79. The number of fused-ring (bicyclic) bond motifs is 1. The number of aliphatic hydroxyl groups is 2. The lowest BCUT2D eigenvalue weighted by molar-refractivity contribution is -0.245. The standard InChI is InChI=1S/C9H15NO6/c1-9(2)15-6-4(12)3(11)5(7(10)13)14-8(6)16-9/h3-6,8,11-12H,1-2H3,(H2,10,13)/t3-,4-,5-,6+,8+/m0/s1. The average Bonchev–Trinajstić information content (AvgIpc) is 2.46. The fourth-order valence-corrected chi connectivity index (χ4v) is 1.93. The summed E-state index contributed by atoms with van der Waals surface area (Å²) in [5.74, 6) is -1.78. The normalized spacial score (nSPS) is 46.4. The Morgan fingerprint density at radius 1 is 1.25 bits per heavy atom. The Bertz CT molecular complexity index is 306. The number of aliphatic hydroxyl groups excluding tert-OH is 2. The van der Waals surface area contributed by atoms with E-state index in [-0.39, 0.29) is 0 Å². The molecule has 2 aliphatic rings. The Labute approximate surface area is 92.1 Å². The third-order valence-electron chi connectivity index (χ3n) is 2.65. The summed E-state index contributed by atoms with van der Waals surface area (Å²) in [7, 11) is 0. The van der Waals surface area contributed by atoms with Gasteiger partial charge in [-0.25, -0.2) is 0 Å². The second-order valence-electron chi connectivity index (χ2n) is 4.41. The molecule has 0 radical (unpaired) electrons. The number of nitrogens with two attached hydrogens (primary N) is 1. The van der Waals surface area contributed by atoms with Crippen LogP contribution in [0, 0.1) is 0 Å². The molecule has 0 spiro atoms. The van der Waals surface area contributed by atoms with Crippen molar-refractivity contribution >= 4 is 5.91 Å². The minimum absolute atomic E-state index is 0.819. The molecule has 7 heteroatoms. The summed E-state index contributed by atoms with van der Waals surface area (Å²) >= 11 is 0. The summed E-state index contributed by atoms with van der Waals surface area (Å²) in [6.07, 6.45) is -5.67. The predicted molar refractivity (Wildman–Crippen MR) is 49.9 cm³/mol. The van der Waals surface area contributed by atoms with Crippen molar-refractivity contribution in [3.63, 3.8) is 0 Å². The number of hydrogen-bond acceptors (Lipinski definition) is 6. The van der Waals surface area contributed by atoms with Gasteiger partial charge in [0, 0.05) is 0 Å². The molecule has 0 aliphatic carbocycles. The molecule has 0 aromatic carbocycles. The van der Waals surface area contributed by atoms with Gasteiger partial charge in [-0.05, 0) is 13.8 Å². The van der Waals surface area contributed by atoms with Crippen LogP contribution in [0.15, 0.2) is 0 Å². The van der Waals surface area contributed by atoms with E-state index >= 15 is 0 Å². The Morgan fingerprint density at radius 3 is 2.44 bits per heavy atom. The molecule has 7 nitrogen and oxygen atoms in total. The van der Waals surface area contributed by atoms with Gasteiger partial charge in [0.05, 0.1) is 0 Å². The number of amides is 1. The molecule has 0 aromatic heterocycles. The van der Waals surface area contributed by atoms with Gasteiger partial charge >= 0.3 is 0 Å². The van der Waals surface area contributed by atoms with E-state index in [4.69, 9.17) is 19.9 Å². The van der Waals surface area contributed by atoms with E-state index in [0.717, 1.165) is 0 Å². The quantitative estimate of drug-likeness (QED) is 0.486. The van der Waals surface area contributed by atoms with E-state index in [0.29, 0.717) is 0 Å². The zero-order valence-corrected chi connectivity index (χ0v) is 8.99. The van der Waals surface area contributed by atoms with Crippen molar-refractivity contribution in [2.75, 3.05) is 0 Å². The van der Waals surface area contributed by atoms with Crippen LogP contribution >= 0.6 is 0 Å². The lowest BCUT2D eigenvalue weighted by atomic mass is 9.99. The van der Waals surface area contributed by atoms with Crippen LogP contribution in [0.3, 0.4) is 0 Å². The summed E-state index contributed by atoms with van der Waals surface area (Å²) in [6, 6.07) is 0. The van der Waals surface area contributed by atoms with Crippen molar-refractivity contribution in [3.8, 4) is 0 Å². The van der Waals surface area contributed by atoms with Crippen molar-refractivity contribution < 1.29 is 29.2 Å². The summed E-state index contributed by atoms with van der Waals surface area (Å²) in [6.45, 7) is 3.29. The van der Waals surface area contributed by atoms with Crippen molar-refractivity contribution in [2.24, 2.45) is 5.73 Å². The van der Waals surface area contributed by atoms with Crippen molar-refractivity contribution in [3.05, 3.63) is 0 Å². The lowest BCUT2D eigenvalue weighted by Gasteiger charge is -2.36. The number of carbonyl (C=O) groups is 1. The van der Waals surface area contributed by atoms with Crippen LogP contribution in [0.5, 0.6) is 0 Å². The number of ether oxygens (including phenoxy) is 3. The Kier molecular flexibility index (Phi) is 2.67.